The Hall–Kier alpha value is -0.380. The first-order valence-electron chi connectivity index (χ1n) is 3.48. The second-order valence-electron chi connectivity index (χ2n) is 2.54. The van der Waals surface area contributed by atoms with Gasteiger partial charge in [0.15, 0.2) is 5.78 Å². The number of hydrogen-bond acceptors (Lipinski definition) is 3. The molecule has 5 heteroatoms. The van der Waals surface area contributed by atoms with E-state index in [2.05, 4.69) is 0 Å². The van der Waals surface area contributed by atoms with Gasteiger partial charge in [0.2, 0.25) is 0 Å². The molecule has 0 aromatic carbocycles. The van der Waals surface area contributed by atoms with Crippen LogP contribution >= 0.6 is 34.5 Å². The summed E-state index contributed by atoms with van der Waals surface area (Å²) in [5, 5.41) is 0. The van der Waals surface area contributed by atoms with Gasteiger partial charge in [0.25, 0.3) is 0 Å². The summed E-state index contributed by atoms with van der Waals surface area (Å²) in [6, 6.07) is 1.49. The molecule has 13 heavy (non-hydrogen) atoms. The van der Waals surface area contributed by atoms with Gasteiger partial charge in [-0.25, -0.2) is 0 Å². The number of rotatable bonds is 3. The second kappa shape index (κ2) is 4.22. The molecule has 1 aromatic heterocycles. The molecule has 70 valence electrons. The molecule has 0 saturated heterocycles. The number of hydrogen-bond donors (Lipinski definition) is 0. The summed E-state index contributed by atoms with van der Waals surface area (Å²) in [7, 11) is 0. The third kappa shape index (κ3) is 2.79. The minimum atomic E-state index is -0.277. The monoisotopic (exact) mass is 236 g/mol. The van der Waals surface area contributed by atoms with Gasteiger partial charge < -0.3 is 0 Å². The molecule has 0 aliphatic heterocycles. The fourth-order valence-corrected chi connectivity index (χ4v) is 2.35. The van der Waals surface area contributed by atoms with E-state index in [0.717, 1.165) is 11.3 Å². The summed E-state index contributed by atoms with van der Waals surface area (Å²) in [5.41, 5.74) is 0.340. The first-order valence-corrected chi connectivity index (χ1v) is 5.05. The van der Waals surface area contributed by atoms with E-state index in [4.69, 9.17) is 23.2 Å². The lowest BCUT2D eigenvalue weighted by Gasteiger charge is -1.93. The Morgan fingerprint density at radius 2 is 2.08 bits per heavy atom. The molecule has 0 spiro atoms. The van der Waals surface area contributed by atoms with Crippen LogP contribution in [-0.4, -0.2) is 11.6 Å². The summed E-state index contributed by atoms with van der Waals surface area (Å²) < 4.78 is 0.799. The van der Waals surface area contributed by atoms with Crippen molar-refractivity contribution in [1.29, 1.82) is 0 Å². The summed E-state index contributed by atoms with van der Waals surface area (Å²) >= 11 is 12.5. The molecule has 0 N–H and O–H groups in total. The molecule has 0 fully saturated rings. The topological polar surface area (TPSA) is 34.1 Å². The Morgan fingerprint density at radius 1 is 1.46 bits per heavy atom. The van der Waals surface area contributed by atoms with E-state index in [1.807, 2.05) is 0 Å². The van der Waals surface area contributed by atoms with Gasteiger partial charge in [-0.15, -0.1) is 11.3 Å². The van der Waals surface area contributed by atoms with Crippen molar-refractivity contribution in [3.63, 3.8) is 0 Å². The maximum absolute atomic E-state index is 11.3. The van der Waals surface area contributed by atoms with Gasteiger partial charge in [0.1, 0.15) is 10.1 Å². The van der Waals surface area contributed by atoms with Crippen LogP contribution in [-0.2, 0) is 4.79 Å². The average Bonchev–Trinajstić information content (AvgIpc) is 2.28. The molecule has 0 aliphatic rings. The van der Waals surface area contributed by atoms with Crippen LogP contribution in [0.5, 0.6) is 0 Å². The predicted octanol–water partition coefficient (Wildman–Crippen LogP) is 3.22. The van der Waals surface area contributed by atoms with Crippen molar-refractivity contribution in [2.24, 2.45) is 0 Å². The zero-order valence-electron chi connectivity index (χ0n) is 6.77. The van der Waals surface area contributed by atoms with E-state index in [1.165, 1.54) is 13.0 Å². The number of thiophene rings is 1. The molecular formula is C8H6Cl2O2S. The lowest BCUT2D eigenvalue weighted by atomic mass is 10.1. The predicted molar refractivity (Wildman–Crippen MR) is 54.0 cm³/mol. The molecule has 2 nitrogen and oxygen atoms in total. The van der Waals surface area contributed by atoms with E-state index in [1.54, 1.807) is 0 Å². The molecule has 0 aliphatic carbocycles. The van der Waals surface area contributed by atoms with Gasteiger partial charge in [-0.3, -0.25) is 9.59 Å². The fraction of sp³-hybridized carbons (Fsp3) is 0.250. The quantitative estimate of drug-likeness (QED) is 0.597. The van der Waals surface area contributed by atoms with Gasteiger partial charge in [-0.1, -0.05) is 23.2 Å². The van der Waals surface area contributed by atoms with E-state index in [9.17, 15) is 9.59 Å². The molecule has 0 bridgehead atoms. The molecule has 0 atom stereocenters. The van der Waals surface area contributed by atoms with E-state index >= 15 is 0 Å². The van der Waals surface area contributed by atoms with Crippen LogP contribution in [0, 0.1) is 0 Å². The molecule has 0 unspecified atom stereocenters. The number of Topliss-reactive ketones (excluding diaryl/α,β-unsaturated/α-hetero) is 2. The average molecular weight is 237 g/mol. The highest BCUT2D eigenvalue weighted by atomic mass is 35.5. The lowest BCUT2D eigenvalue weighted by molar-refractivity contribution is -0.116. The van der Waals surface area contributed by atoms with Crippen LogP contribution in [0.1, 0.15) is 23.7 Å². The first kappa shape index (κ1) is 10.7. The maximum atomic E-state index is 11.3. The highest BCUT2D eigenvalue weighted by Gasteiger charge is 2.15. The number of carbonyl (C=O) groups excluding carboxylic acids is 2. The Labute approximate surface area is 89.5 Å². The summed E-state index contributed by atoms with van der Waals surface area (Å²) in [6.45, 7) is 1.36. The molecule has 0 radical (unpaired) electrons. The molecule has 0 saturated carbocycles. The molecule has 0 amide bonds. The van der Waals surface area contributed by atoms with Crippen molar-refractivity contribution in [3.05, 3.63) is 20.3 Å². The SMILES string of the molecule is CC(=O)CC(=O)c1cc(Cl)sc1Cl. The van der Waals surface area contributed by atoms with E-state index in [0.29, 0.717) is 14.2 Å². The highest BCUT2D eigenvalue weighted by Crippen LogP contribution is 2.31. The minimum Gasteiger partial charge on any atom is -0.300 e. The summed E-state index contributed by atoms with van der Waals surface area (Å²) in [6.07, 6.45) is -0.118. The van der Waals surface area contributed by atoms with E-state index < -0.39 is 0 Å². The van der Waals surface area contributed by atoms with Crippen molar-refractivity contribution in [2.45, 2.75) is 13.3 Å². The Bertz CT molecular complexity index is 357. The van der Waals surface area contributed by atoms with Crippen LogP contribution in [0.2, 0.25) is 8.67 Å². The van der Waals surface area contributed by atoms with Crippen molar-refractivity contribution >= 4 is 46.1 Å². The third-order valence-corrected chi connectivity index (χ3v) is 2.85. The number of halogens is 2. The lowest BCUT2D eigenvalue weighted by Crippen LogP contribution is -2.03. The smallest absolute Gasteiger partial charge is 0.172 e. The second-order valence-corrected chi connectivity index (χ2v) is 4.83. The standard InChI is InChI=1S/C8H6Cl2O2S/c1-4(11)2-6(12)5-3-7(9)13-8(5)10/h3H,2H2,1H3. The maximum Gasteiger partial charge on any atom is 0.172 e. The van der Waals surface area contributed by atoms with Gasteiger partial charge >= 0.3 is 0 Å². The van der Waals surface area contributed by atoms with Gasteiger partial charge in [-0.2, -0.15) is 0 Å². The van der Waals surface area contributed by atoms with Gasteiger partial charge in [0.05, 0.1) is 10.8 Å². The van der Waals surface area contributed by atoms with Crippen molar-refractivity contribution in [1.82, 2.24) is 0 Å². The molecular weight excluding hydrogens is 231 g/mol. The van der Waals surface area contributed by atoms with Crippen LogP contribution in [0.25, 0.3) is 0 Å². The van der Waals surface area contributed by atoms with Crippen LogP contribution < -0.4 is 0 Å². The fourth-order valence-electron chi connectivity index (χ4n) is 0.852. The Morgan fingerprint density at radius 3 is 2.46 bits per heavy atom. The van der Waals surface area contributed by atoms with Gasteiger partial charge in [-0.05, 0) is 13.0 Å². The zero-order chi connectivity index (χ0) is 10.0. The molecule has 1 aromatic rings. The first-order chi connectivity index (χ1) is 6.00. The zero-order valence-corrected chi connectivity index (χ0v) is 9.09. The summed E-state index contributed by atoms with van der Waals surface area (Å²) in [5.74, 6) is -0.455. The van der Waals surface area contributed by atoms with Gasteiger partial charge in [0, 0.05) is 5.56 Å². The normalized spacial score (nSPS) is 10.1. The van der Waals surface area contributed by atoms with Crippen molar-refractivity contribution in [3.8, 4) is 0 Å². The Kier molecular flexibility index (Phi) is 3.47. The summed E-state index contributed by atoms with van der Waals surface area (Å²) in [4.78, 5) is 22.0. The van der Waals surface area contributed by atoms with Crippen LogP contribution in [0.4, 0.5) is 0 Å². The third-order valence-electron chi connectivity index (χ3n) is 1.37. The molecule has 1 heterocycles. The Balaban J connectivity index is 2.88. The molecule has 1 rings (SSSR count). The number of carbonyl (C=O) groups is 2. The van der Waals surface area contributed by atoms with Crippen LogP contribution in [0.3, 0.4) is 0 Å². The largest absolute Gasteiger partial charge is 0.300 e. The minimum absolute atomic E-state index is 0.118. The van der Waals surface area contributed by atoms with Crippen molar-refractivity contribution in [2.75, 3.05) is 0 Å². The van der Waals surface area contributed by atoms with E-state index in [-0.39, 0.29) is 18.0 Å². The van der Waals surface area contributed by atoms with Crippen molar-refractivity contribution < 1.29 is 9.59 Å². The van der Waals surface area contributed by atoms with Crippen LogP contribution in [0.15, 0.2) is 6.07 Å². The number of ketones is 2. The highest BCUT2D eigenvalue weighted by molar-refractivity contribution is 7.20.